The molecule has 0 aliphatic rings. The minimum atomic E-state index is -0.570. The van der Waals surface area contributed by atoms with E-state index < -0.39 is 5.97 Å². The largest absolute Gasteiger partial charge is 0.508 e. The fourth-order valence-electron chi connectivity index (χ4n) is 2.76. The zero-order valence-corrected chi connectivity index (χ0v) is 14.6. The van der Waals surface area contributed by atoms with Crippen molar-refractivity contribution in [2.75, 3.05) is 0 Å². The highest BCUT2D eigenvalue weighted by Crippen LogP contribution is 2.22. The minimum Gasteiger partial charge on any atom is -0.508 e. The summed E-state index contributed by atoms with van der Waals surface area (Å²) in [5.41, 5.74) is 2.27. The Morgan fingerprint density at radius 1 is 0.929 bits per heavy atom. The predicted molar refractivity (Wildman–Crippen MR) is 103 cm³/mol. The number of esters is 1. The van der Waals surface area contributed by atoms with Gasteiger partial charge in [0.15, 0.2) is 6.73 Å². The van der Waals surface area contributed by atoms with Gasteiger partial charge in [0.05, 0.1) is 10.9 Å². The highest BCUT2D eigenvalue weighted by Gasteiger charge is 2.10. The number of aromatic nitrogens is 3. The van der Waals surface area contributed by atoms with Crippen LogP contribution in [0.25, 0.3) is 22.0 Å². The van der Waals surface area contributed by atoms with Crippen LogP contribution < -0.4 is 5.56 Å². The van der Waals surface area contributed by atoms with E-state index >= 15 is 0 Å². The Bertz CT molecular complexity index is 1200. The third kappa shape index (κ3) is 3.45. The van der Waals surface area contributed by atoms with Gasteiger partial charge in [-0.05, 0) is 47.5 Å². The Hall–Kier alpha value is -4.00. The molecule has 4 rings (SSSR count). The van der Waals surface area contributed by atoms with Crippen LogP contribution in [0, 0.1) is 0 Å². The molecule has 7 nitrogen and oxygen atoms in total. The van der Waals surface area contributed by atoms with Crippen LogP contribution in [-0.4, -0.2) is 26.1 Å². The molecular weight excluding hydrogens is 358 g/mol. The number of phenolic OH excluding ortho intramolecular Hbond substituents is 1. The maximum atomic E-state index is 12.4. The van der Waals surface area contributed by atoms with E-state index in [4.69, 9.17) is 4.74 Å². The Kier molecular flexibility index (Phi) is 4.55. The van der Waals surface area contributed by atoms with Crippen LogP contribution >= 0.6 is 0 Å². The normalized spacial score (nSPS) is 10.7. The summed E-state index contributed by atoms with van der Waals surface area (Å²) in [4.78, 5) is 24.6. The number of benzene rings is 3. The van der Waals surface area contributed by atoms with Crippen LogP contribution in [0.4, 0.5) is 0 Å². The molecule has 0 aliphatic heterocycles. The summed E-state index contributed by atoms with van der Waals surface area (Å²) in [5, 5.41) is 17.5. The number of phenols is 1. The van der Waals surface area contributed by atoms with E-state index in [0.717, 1.165) is 15.8 Å². The van der Waals surface area contributed by atoms with Gasteiger partial charge < -0.3 is 9.84 Å². The van der Waals surface area contributed by atoms with Gasteiger partial charge in [0.1, 0.15) is 11.3 Å². The molecule has 3 aromatic carbocycles. The fourth-order valence-corrected chi connectivity index (χ4v) is 2.76. The number of fused-ring (bicyclic) bond motifs is 1. The van der Waals surface area contributed by atoms with Gasteiger partial charge in [-0.2, -0.15) is 4.68 Å². The Balaban J connectivity index is 1.47. The number of aromatic hydroxyl groups is 1. The summed E-state index contributed by atoms with van der Waals surface area (Å²) in [6.07, 6.45) is 0. The lowest BCUT2D eigenvalue weighted by Crippen LogP contribution is -2.26. The lowest BCUT2D eigenvalue weighted by Gasteiger charge is -2.07. The summed E-state index contributed by atoms with van der Waals surface area (Å²) in [6.45, 7) is -0.324. The molecule has 0 spiro atoms. The number of carbonyl (C=O) groups is 1. The predicted octanol–water partition coefficient (Wildman–Crippen LogP) is 2.98. The summed E-state index contributed by atoms with van der Waals surface area (Å²) < 4.78 is 6.20. The molecule has 0 unspecified atom stereocenters. The number of nitrogens with zero attached hydrogens (tertiary/aromatic N) is 3. The van der Waals surface area contributed by atoms with E-state index in [9.17, 15) is 14.7 Å². The standard InChI is InChI=1S/C21H15N3O4/c25-17-11-9-15(10-12-17)14-5-7-16(8-6-14)21(27)28-13-24-20(26)18-3-1-2-4-19(18)22-23-24/h1-12,25H,13H2. The molecule has 7 heteroatoms. The van der Waals surface area contributed by atoms with Gasteiger partial charge in [0, 0.05) is 0 Å². The van der Waals surface area contributed by atoms with E-state index in [1.165, 1.54) is 0 Å². The average molecular weight is 373 g/mol. The molecular formula is C21H15N3O4. The smallest absolute Gasteiger partial charge is 0.339 e. The topological polar surface area (TPSA) is 94.3 Å². The molecule has 138 valence electrons. The van der Waals surface area contributed by atoms with Crippen molar-refractivity contribution in [2.45, 2.75) is 6.73 Å². The van der Waals surface area contributed by atoms with Gasteiger partial charge in [-0.25, -0.2) is 4.79 Å². The van der Waals surface area contributed by atoms with Gasteiger partial charge in [0.2, 0.25) is 0 Å². The van der Waals surface area contributed by atoms with E-state index in [1.807, 2.05) is 0 Å². The van der Waals surface area contributed by atoms with Crippen molar-refractivity contribution in [3.05, 3.63) is 88.7 Å². The van der Waals surface area contributed by atoms with Gasteiger partial charge in [0.25, 0.3) is 5.56 Å². The molecule has 1 aromatic heterocycles. The monoisotopic (exact) mass is 373 g/mol. The fraction of sp³-hybridized carbons (Fsp3) is 0.0476. The second kappa shape index (κ2) is 7.32. The van der Waals surface area contributed by atoms with Crippen LogP contribution in [0.3, 0.4) is 0 Å². The quantitative estimate of drug-likeness (QED) is 0.553. The third-order valence-corrected chi connectivity index (χ3v) is 4.27. The zero-order valence-electron chi connectivity index (χ0n) is 14.6. The highest BCUT2D eigenvalue weighted by molar-refractivity contribution is 5.90. The molecule has 1 N–H and O–H groups in total. The molecule has 28 heavy (non-hydrogen) atoms. The second-order valence-corrected chi connectivity index (χ2v) is 6.10. The molecule has 0 saturated carbocycles. The van der Waals surface area contributed by atoms with Crippen LogP contribution in [0.5, 0.6) is 5.75 Å². The summed E-state index contributed by atoms with van der Waals surface area (Å²) >= 11 is 0. The van der Waals surface area contributed by atoms with Crippen molar-refractivity contribution < 1.29 is 14.6 Å². The molecule has 0 atom stereocenters. The molecule has 0 amide bonds. The van der Waals surface area contributed by atoms with Crippen LogP contribution in [0.2, 0.25) is 0 Å². The van der Waals surface area contributed by atoms with Gasteiger partial charge in [-0.3, -0.25) is 4.79 Å². The SMILES string of the molecule is O=C(OCn1nnc2ccccc2c1=O)c1ccc(-c2ccc(O)cc2)cc1. The first-order chi connectivity index (χ1) is 13.6. The van der Waals surface area contributed by atoms with E-state index in [2.05, 4.69) is 10.3 Å². The van der Waals surface area contributed by atoms with Crippen LogP contribution in [0.15, 0.2) is 77.6 Å². The van der Waals surface area contributed by atoms with Crippen molar-refractivity contribution in [3.63, 3.8) is 0 Å². The minimum absolute atomic E-state index is 0.191. The Morgan fingerprint density at radius 3 is 2.29 bits per heavy atom. The zero-order chi connectivity index (χ0) is 19.5. The first kappa shape index (κ1) is 17.4. The Morgan fingerprint density at radius 2 is 1.57 bits per heavy atom. The molecule has 0 radical (unpaired) electrons. The third-order valence-electron chi connectivity index (χ3n) is 4.27. The maximum Gasteiger partial charge on any atom is 0.339 e. The maximum absolute atomic E-state index is 12.4. The first-order valence-corrected chi connectivity index (χ1v) is 8.51. The molecule has 1 heterocycles. The van der Waals surface area contributed by atoms with Crippen molar-refractivity contribution in [1.82, 2.24) is 15.0 Å². The summed E-state index contributed by atoms with van der Waals surface area (Å²) in [6, 6.07) is 20.4. The highest BCUT2D eigenvalue weighted by atomic mass is 16.5. The van der Waals surface area contributed by atoms with Crippen LogP contribution in [-0.2, 0) is 11.5 Å². The van der Waals surface area contributed by atoms with E-state index in [1.54, 1.807) is 72.8 Å². The molecule has 0 aliphatic carbocycles. The van der Waals surface area contributed by atoms with Crippen molar-refractivity contribution in [3.8, 4) is 16.9 Å². The second-order valence-electron chi connectivity index (χ2n) is 6.10. The van der Waals surface area contributed by atoms with Gasteiger partial charge in [-0.1, -0.05) is 41.6 Å². The van der Waals surface area contributed by atoms with E-state index in [-0.39, 0.29) is 18.0 Å². The van der Waals surface area contributed by atoms with E-state index in [0.29, 0.717) is 16.5 Å². The number of rotatable bonds is 4. The number of hydrogen-bond donors (Lipinski definition) is 1. The average Bonchev–Trinajstić information content (AvgIpc) is 2.74. The molecule has 4 aromatic rings. The summed E-state index contributed by atoms with van der Waals surface area (Å²) in [7, 11) is 0. The summed E-state index contributed by atoms with van der Waals surface area (Å²) in [5.74, 6) is -0.380. The number of hydrogen-bond acceptors (Lipinski definition) is 6. The van der Waals surface area contributed by atoms with Gasteiger partial charge in [-0.15, -0.1) is 5.10 Å². The van der Waals surface area contributed by atoms with Crippen molar-refractivity contribution in [2.24, 2.45) is 0 Å². The number of ether oxygens (including phenoxy) is 1. The van der Waals surface area contributed by atoms with Crippen molar-refractivity contribution in [1.29, 1.82) is 0 Å². The molecule has 0 saturated heterocycles. The first-order valence-electron chi connectivity index (χ1n) is 8.51. The lowest BCUT2D eigenvalue weighted by atomic mass is 10.0. The van der Waals surface area contributed by atoms with Gasteiger partial charge >= 0.3 is 5.97 Å². The Labute approximate surface area is 159 Å². The lowest BCUT2D eigenvalue weighted by molar-refractivity contribution is 0.0336. The molecule has 0 bridgehead atoms. The van der Waals surface area contributed by atoms with Crippen LogP contribution in [0.1, 0.15) is 10.4 Å². The number of carbonyl (C=O) groups excluding carboxylic acids is 1. The van der Waals surface area contributed by atoms with Crippen molar-refractivity contribution >= 4 is 16.9 Å². The molecule has 0 fully saturated rings.